The second-order valence-corrected chi connectivity index (χ2v) is 8.29. The molecule has 0 bridgehead atoms. The number of anilines is 1. The smallest absolute Gasteiger partial charge is 0.341 e. The van der Waals surface area contributed by atoms with Gasteiger partial charge < -0.3 is 9.88 Å². The number of imidazole rings is 1. The molecule has 3 aromatic heterocycles. The predicted molar refractivity (Wildman–Crippen MR) is 108 cm³/mol. The van der Waals surface area contributed by atoms with Crippen molar-refractivity contribution in [3.63, 3.8) is 0 Å². The van der Waals surface area contributed by atoms with Gasteiger partial charge in [-0.2, -0.15) is 13.2 Å². The zero-order valence-corrected chi connectivity index (χ0v) is 17.5. The number of carbonyl (C=O) groups is 1. The van der Waals surface area contributed by atoms with E-state index < -0.39 is 28.7 Å². The van der Waals surface area contributed by atoms with Crippen LogP contribution in [-0.4, -0.2) is 38.4 Å². The molecular formula is C18H20F3N6O2S+. The maximum Gasteiger partial charge on any atom is 0.433 e. The van der Waals surface area contributed by atoms with Gasteiger partial charge in [0.1, 0.15) is 28.1 Å². The van der Waals surface area contributed by atoms with E-state index in [1.807, 2.05) is 0 Å². The number of aryl methyl sites for hydroxylation is 2. The fourth-order valence-corrected chi connectivity index (χ4v) is 4.00. The summed E-state index contributed by atoms with van der Waals surface area (Å²) >= 11 is 0. The number of thiol groups is 1. The van der Waals surface area contributed by atoms with Gasteiger partial charge in [-0.15, -0.1) is 4.21 Å². The Labute approximate surface area is 172 Å². The topological polar surface area (TPSA) is 102 Å². The van der Waals surface area contributed by atoms with Crippen molar-refractivity contribution in [2.75, 3.05) is 18.1 Å². The van der Waals surface area contributed by atoms with E-state index >= 15 is 0 Å². The molecular weight excluding hydrogens is 421 g/mol. The van der Waals surface area contributed by atoms with Crippen LogP contribution < -0.4 is 10.6 Å². The zero-order chi connectivity index (χ0) is 22.2. The van der Waals surface area contributed by atoms with Crippen molar-refractivity contribution in [3.05, 3.63) is 29.6 Å². The van der Waals surface area contributed by atoms with Crippen LogP contribution in [0.4, 0.5) is 23.8 Å². The number of hydrogen-bond acceptors (Lipinski definition) is 5. The number of nitrogens with zero attached hydrogens (tertiary/aromatic N) is 4. The summed E-state index contributed by atoms with van der Waals surface area (Å²) in [6.45, 7) is 3.21. The molecule has 3 heterocycles. The fourth-order valence-electron chi connectivity index (χ4n) is 3.04. The third-order valence-electron chi connectivity index (χ3n) is 4.43. The van der Waals surface area contributed by atoms with E-state index in [-0.39, 0.29) is 28.5 Å². The molecule has 8 nitrogen and oxygen atoms in total. The van der Waals surface area contributed by atoms with Crippen molar-refractivity contribution < 1.29 is 22.2 Å². The van der Waals surface area contributed by atoms with Crippen LogP contribution in [0.3, 0.4) is 0 Å². The molecule has 0 spiro atoms. The number of halogens is 3. The van der Waals surface area contributed by atoms with Gasteiger partial charge >= 0.3 is 12.2 Å². The normalized spacial score (nSPS) is 12.8. The molecule has 2 amide bonds. The molecule has 0 saturated carbocycles. The molecule has 12 heteroatoms. The monoisotopic (exact) mass is 441 g/mol. The number of aromatic nitrogens is 4. The first-order valence-electron chi connectivity index (χ1n) is 8.92. The molecule has 3 rings (SSSR count). The van der Waals surface area contributed by atoms with Gasteiger partial charge in [0, 0.05) is 14.1 Å². The molecule has 0 saturated heterocycles. The van der Waals surface area contributed by atoms with Crippen molar-refractivity contribution in [2.45, 2.75) is 24.9 Å². The minimum Gasteiger partial charge on any atom is -0.341 e. The summed E-state index contributed by atoms with van der Waals surface area (Å²) in [5, 5.41) is 4.92. The average Bonchev–Trinajstić information content (AvgIpc) is 3.03. The van der Waals surface area contributed by atoms with Crippen LogP contribution in [0.25, 0.3) is 22.6 Å². The molecule has 1 unspecified atom stereocenters. The van der Waals surface area contributed by atoms with Gasteiger partial charge in [-0.05, 0) is 32.0 Å². The summed E-state index contributed by atoms with van der Waals surface area (Å²) in [5.74, 6) is 0.752. The van der Waals surface area contributed by atoms with Crippen molar-refractivity contribution in [1.82, 2.24) is 24.8 Å². The minimum atomic E-state index is -4.61. The first kappa shape index (κ1) is 21.7. The fraction of sp³-hybridized carbons (Fsp3) is 0.333. The molecule has 1 atom stereocenters. The predicted octanol–water partition coefficient (Wildman–Crippen LogP) is 3.18. The van der Waals surface area contributed by atoms with Gasteiger partial charge in [0.15, 0.2) is 16.4 Å². The maximum absolute atomic E-state index is 13.2. The van der Waals surface area contributed by atoms with Crippen LogP contribution in [-0.2, 0) is 28.2 Å². The highest BCUT2D eigenvalue weighted by Gasteiger charge is 2.34. The number of urea groups is 1. The highest BCUT2D eigenvalue weighted by Crippen LogP contribution is 2.33. The Morgan fingerprint density at radius 3 is 2.53 bits per heavy atom. The van der Waals surface area contributed by atoms with E-state index in [2.05, 4.69) is 25.6 Å². The number of rotatable bonds is 4. The number of carbonyl (C=O) groups excluding carboxylic acids is 1. The van der Waals surface area contributed by atoms with E-state index in [1.54, 1.807) is 24.6 Å². The molecule has 3 aromatic rings. The molecule has 0 radical (unpaired) electrons. The third-order valence-corrected chi connectivity index (χ3v) is 5.90. The first-order valence-corrected chi connectivity index (χ1v) is 10.4. The van der Waals surface area contributed by atoms with Crippen molar-refractivity contribution >= 4 is 33.7 Å². The van der Waals surface area contributed by atoms with E-state index in [0.717, 1.165) is 6.07 Å². The molecule has 0 aliphatic rings. The SMILES string of the molecule is CC[SH+](=O)c1ccc(NC(=O)NC)nc1-c1nc2cc(C(F)(F)F)nc(C)c2n1C. The van der Waals surface area contributed by atoms with Gasteiger partial charge in [0.2, 0.25) is 0 Å². The van der Waals surface area contributed by atoms with Crippen molar-refractivity contribution in [3.8, 4) is 11.5 Å². The quantitative estimate of drug-likeness (QED) is 0.478. The molecule has 0 aliphatic heterocycles. The van der Waals surface area contributed by atoms with Crippen LogP contribution in [0, 0.1) is 6.92 Å². The Bertz CT molecular complexity index is 1160. The number of fused-ring (bicyclic) bond motifs is 1. The average molecular weight is 441 g/mol. The van der Waals surface area contributed by atoms with Gasteiger partial charge in [-0.3, -0.25) is 5.32 Å². The second kappa shape index (κ2) is 8.01. The summed E-state index contributed by atoms with van der Waals surface area (Å²) in [5.41, 5.74) is -0.167. The zero-order valence-electron chi connectivity index (χ0n) is 16.6. The largest absolute Gasteiger partial charge is 0.433 e. The van der Waals surface area contributed by atoms with Crippen molar-refractivity contribution in [1.29, 1.82) is 0 Å². The molecule has 160 valence electrons. The van der Waals surface area contributed by atoms with Crippen LogP contribution >= 0.6 is 0 Å². The Kier molecular flexibility index (Phi) is 5.79. The maximum atomic E-state index is 13.2. The standard InChI is InChI=1S/C18H19F3N6O2S/c1-5-30(29)11-6-7-13(26-17(28)22-3)25-14(11)16-24-10-8-12(18(19,20)21)23-9(2)15(10)27(16)4/h6-8H,5H2,1-4H3,(H2,22,25,26,28)/p+1. The lowest BCUT2D eigenvalue weighted by Crippen LogP contribution is -2.25. The Balaban J connectivity index is 2.26. The summed E-state index contributed by atoms with van der Waals surface area (Å²) < 4.78 is 53.6. The Hall–Kier alpha value is -3.02. The van der Waals surface area contributed by atoms with Crippen LogP contribution in [0.1, 0.15) is 18.3 Å². The number of amides is 2. The van der Waals surface area contributed by atoms with Crippen molar-refractivity contribution in [2.24, 2.45) is 7.05 Å². The van der Waals surface area contributed by atoms with E-state index in [9.17, 15) is 22.2 Å². The molecule has 0 aromatic carbocycles. The van der Waals surface area contributed by atoms with Gasteiger partial charge in [0.05, 0.1) is 16.7 Å². The van der Waals surface area contributed by atoms with Gasteiger partial charge in [-0.1, -0.05) is 0 Å². The molecule has 0 aliphatic carbocycles. The lowest BCUT2D eigenvalue weighted by Gasteiger charge is -2.09. The highest BCUT2D eigenvalue weighted by molar-refractivity contribution is 7.85. The summed E-state index contributed by atoms with van der Waals surface area (Å²) in [6.07, 6.45) is -4.61. The summed E-state index contributed by atoms with van der Waals surface area (Å²) in [7, 11) is 1.25. The number of nitrogens with one attached hydrogen (secondary N) is 2. The number of alkyl halides is 3. The highest BCUT2D eigenvalue weighted by atomic mass is 32.2. The lowest BCUT2D eigenvalue weighted by atomic mass is 10.2. The summed E-state index contributed by atoms with van der Waals surface area (Å²) in [6, 6.07) is 3.45. The van der Waals surface area contributed by atoms with Gasteiger partial charge in [0.25, 0.3) is 0 Å². The lowest BCUT2D eigenvalue weighted by molar-refractivity contribution is -0.141. The van der Waals surface area contributed by atoms with Crippen LogP contribution in [0.2, 0.25) is 0 Å². The van der Waals surface area contributed by atoms with E-state index in [0.29, 0.717) is 16.2 Å². The van der Waals surface area contributed by atoms with Crippen LogP contribution in [0.15, 0.2) is 23.1 Å². The molecule has 30 heavy (non-hydrogen) atoms. The van der Waals surface area contributed by atoms with E-state index in [4.69, 9.17) is 0 Å². The Morgan fingerprint density at radius 2 is 1.93 bits per heavy atom. The molecule has 2 N–H and O–H groups in total. The minimum absolute atomic E-state index is 0.0939. The second-order valence-electron chi connectivity index (χ2n) is 6.42. The van der Waals surface area contributed by atoms with Crippen LogP contribution in [0.5, 0.6) is 0 Å². The summed E-state index contributed by atoms with van der Waals surface area (Å²) in [4.78, 5) is 24.4. The van der Waals surface area contributed by atoms with E-state index in [1.165, 1.54) is 20.0 Å². The number of hydrogen-bond donors (Lipinski definition) is 2. The molecule has 0 fully saturated rings. The third kappa shape index (κ3) is 3.99. The number of pyridine rings is 2. The Morgan fingerprint density at radius 1 is 1.23 bits per heavy atom. The first-order chi connectivity index (χ1) is 14.1. The van der Waals surface area contributed by atoms with Gasteiger partial charge in [-0.25, -0.2) is 19.7 Å².